The molecular weight excluding hydrogens is 304 g/mol. The van der Waals surface area contributed by atoms with E-state index in [0.29, 0.717) is 6.04 Å². The summed E-state index contributed by atoms with van der Waals surface area (Å²) in [5.74, 6) is 2.22. The molecule has 1 heterocycles. The van der Waals surface area contributed by atoms with Gasteiger partial charge in [-0.1, -0.05) is 30.3 Å². The molecule has 0 radical (unpaired) electrons. The minimum Gasteiger partial charge on any atom is -0.355 e. The number of thioether (sulfide) groups is 1. The van der Waals surface area contributed by atoms with Crippen molar-refractivity contribution in [3.05, 3.63) is 35.9 Å². The van der Waals surface area contributed by atoms with Crippen LogP contribution in [0, 0.1) is 0 Å². The van der Waals surface area contributed by atoms with E-state index in [1.165, 1.54) is 24.2 Å². The maximum atomic E-state index is 4.33. The molecule has 23 heavy (non-hydrogen) atoms. The summed E-state index contributed by atoms with van der Waals surface area (Å²) in [5.41, 5.74) is 1.35. The number of aliphatic imine (C=N–C) groups is 1. The number of nitrogens with one attached hydrogen (secondary N) is 2. The summed E-state index contributed by atoms with van der Waals surface area (Å²) >= 11 is 2.07. The summed E-state index contributed by atoms with van der Waals surface area (Å²) in [5, 5.41) is 7.65. The van der Waals surface area contributed by atoms with Gasteiger partial charge in [-0.15, -0.1) is 0 Å². The molecule has 2 atom stereocenters. The second-order valence-corrected chi connectivity index (χ2v) is 7.63. The van der Waals surface area contributed by atoms with E-state index in [9.17, 15) is 0 Å². The lowest BCUT2D eigenvalue weighted by Gasteiger charge is -2.26. The van der Waals surface area contributed by atoms with Crippen LogP contribution in [0.4, 0.5) is 0 Å². The highest BCUT2D eigenvalue weighted by atomic mass is 32.2. The Bertz CT molecular complexity index is 471. The fraction of sp³-hybridized carbons (Fsp3) is 0.611. The molecular formula is C18H30N4S. The standard InChI is InChI=1S/C18H30N4S/c1-15(22(3)14-16-8-5-4-6-9-16)12-20-18(19-2)21-13-17-10-7-11-23-17/h4-6,8-9,15,17H,7,10-14H2,1-3H3,(H2,19,20,21). The number of hydrogen-bond donors (Lipinski definition) is 2. The number of benzene rings is 1. The van der Waals surface area contributed by atoms with Gasteiger partial charge in [-0.25, -0.2) is 0 Å². The number of guanidine groups is 1. The molecule has 2 N–H and O–H groups in total. The van der Waals surface area contributed by atoms with Crippen molar-refractivity contribution in [2.75, 3.05) is 32.9 Å². The molecule has 4 nitrogen and oxygen atoms in total. The molecule has 128 valence electrons. The van der Waals surface area contributed by atoms with E-state index < -0.39 is 0 Å². The molecule has 1 aliphatic heterocycles. The molecule has 1 aromatic rings. The average molecular weight is 335 g/mol. The molecule has 2 unspecified atom stereocenters. The Hall–Kier alpha value is -1.20. The van der Waals surface area contributed by atoms with Crippen molar-refractivity contribution in [3.8, 4) is 0 Å². The zero-order valence-electron chi connectivity index (χ0n) is 14.6. The Labute approximate surface area is 145 Å². The van der Waals surface area contributed by atoms with E-state index >= 15 is 0 Å². The second-order valence-electron chi connectivity index (χ2n) is 6.22. The number of likely N-dealkylation sites (N-methyl/N-ethyl adjacent to an activating group) is 1. The van der Waals surface area contributed by atoms with Gasteiger partial charge in [0, 0.05) is 38.0 Å². The van der Waals surface area contributed by atoms with Crippen molar-refractivity contribution in [1.29, 1.82) is 0 Å². The van der Waals surface area contributed by atoms with Crippen molar-refractivity contribution in [3.63, 3.8) is 0 Å². The Kier molecular flexibility index (Phi) is 7.76. The van der Waals surface area contributed by atoms with Crippen LogP contribution in [-0.2, 0) is 6.54 Å². The summed E-state index contributed by atoms with van der Waals surface area (Å²) in [7, 11) is 4.01. The molecule has 2 rings (SSSR count). The predicted molar refractivity (Wildman–Crippen MR) is 102 cm³/mol. The van der Waals surface area contributed by atoms with Gasteiger partial charge in [0.05, 0.1) is 0 Å². The Morgan fingerprint density at radius 2 is 2.13 bits per heavy atom. The average Bonchev–Trinajstić information content (AvgIpc) is 3.09. The quantitative estimate of drug-likeness (QED) is 0.594. The maximum absolute atomic E-state index is 4.33. The van der Waals surface area contributed by atoms with Crippen LogP contribution in [-0.4, -0.2) is 55.1 Å². The third-order valence-corrected chi connectivity index (χ3v) is 5.74. The van der Waals surface area contributed by atoms with E-state index in [4.69, 9.17) is 0 Å². The van der Waals surface area contributed by atoms with Crippen LogP contribution >= 0.6 is 11.8 Å². The largest absolute Gasteiger partial charge is 0.355 e. The minimum atomic E-state index is 0.439. The molecule has 0 saturated carbocycles. The van der Waals surface area contributed by atoms with E-state index in [2.05, 4.69) is 76.6 Å². The first kappa shape index (κ1) is 18.1. The van der Waals surface area contributed by atoms with Crippen molar-refractivity contribution in [2.45, 2.75) is 37.6 Å². The van der Waals surface area contributed by atoms with Crippen molar-refractivity contribution < 1.29 is 0 Å². The van der Waals surface area contributed by atoms with Crippen molar-refractivity contribution in [1.82, 2.24) is 15.5 Å². The number of rotatable bonds is 7. The van der Waals surface area contributed by atoms with Crippen LogP contribution in [0.1, 0.15) is 25.3 Å². The normalized spacial score (nSPS) is 19.8. The Morgan fingerprint density at radius 3 is 2.78 bits per heavy atom. The third kappa shape index (κ3) is 6.43. The highest BCUT2D eigenvalue weighted by molar-refractivity contribution is 8.00. The number of hydrogen-bond acceptors (Lipinski definition) is 3. The summed E-state index contributed by atoms with van der Waals surface area (Å²) in [6.07, 6.45) is 2.68. The summed E-state index contributed by atoms with van der Waals surface area (Å²) in [4.78, 5) is 6.69. The molecule has 0 spiro atoms. The lowest BCUT2D eigenvalue weighted by atomic mass is 10.2. The SMILES string of the molecule is CN=C(NCC1CCCS1)NCC(C)N(C)Cc1ccccc1. The lowest BCUT2D eigenvalue weighted by molar-refractivity contribution is 0.249. The zero-order valence-corrected chi connectivity index (χ0v) is 15.4. The molecule has 1 fully saturated rings. The molecule has 5 heteroatoms. The minimum absolute atomic E-state index is 0.439. The molecule has 1 saturated heterocycles. The van der Waals surface area contributed by atoms with Gasteiger partial charge in [0.25, 0.3) is 0 Å². The van der Waals surface area contributed by atoms with Crippen molar-refractivity contribution >= 4 is 17.7 Å². The second kappa shape index (κ2) is 9.83. The lowest BCUT2D eigenvalue weighted by Crippen LogP contribution is -2.45. The van der Waals surface area contributed by atoms with Gasteiger partial charge in [0.15, 0.2) is 5.96 Å². The van der Waals surface area contributed by atoms with Crippen molar-refractivity contribution in [2.24, 2.45) is 4.99 Å². The molecule has 0 aliphatic carbocycles. The number of nitrogens with zero attached hydrogens (tertiary/aromatic N) is 2. The van der Waals surface area contributed by atoms with Gasteiger partial charge in [0.1, 0.15) is 0 Å². The topological polar surface area (TPSA) is 39.7 Å². The van der Waals surface area contributed by atoms with Gasteiger partial charge in [-0.3, -0.25) is 9.89 Å². The zero-order chi connectivity index (χ0) is 16.5. The third-order valence-electron chi connectivity index (χ3n) is 4.34. The van der Waals surface area contributed by atoms with Gasteiger partial charge in [-0.2, -0.15) is 11.8 Å². The predicted octanol–water partition coefficient (Wildman–Crippen LogP) is 2.57. The fourth-order valence-corrected chi connectivity index (χ4v) is 3.87. The summed E-state index contributed by atoms with van der Waals surface area (Å²) in [6.45, 7) is 5.11. The van der Waals surface area contributed by atoms with Crippen LogP contribution in [0.5, 0.6) is 0 Å². The fourth-order valence-electron chi connectivity index (χ4n) is 2.66. The monoisotopic (exact) mass is 334 g/mol. The van der Waals surface area contributed by atoms with Gasteiger partial charge in [0.2, 0.25) is 0 Å². The van der Waals surface area contributed by atoms with Gasteiger partial charge < -0.3 is 10.6 Å². The van der Waals surface area contributed by atoms with E-state index in [0.717, 1.165) is 30.8 Å². The highest BCUT2D eigenvalue weighted by Crippen LogP contribution is 2.25. The van der Waals surface area contributed by atoms with E-state index in [-0.39, 0.29) is 0 Å². The summed E-state index contributed by atoms with van der Waals surface area (Å²) in [6, 6.07) is 11.0. The van der Waals surface area contributed by atoms with Gasteiger partial charge >= 0.3 is 0 Å². The maximum Gasteiger partial charge on any atom is 0.191 e. The first-order valence-electron chi connectivity index (χ1n) is 8.49. The highest BCUT2D eigenvalue weighted by Gasteiger charge is 2.16. The molecule has 0 amide bonds. The molecule has 1 aliphatic rings. The van der Waals surface area contributed by atoms with E-state index in [1.807, 2.05) is 7.05 Å². The Morgan fingerprint density at radius 1 is 1.35 bits per heavy atom. The first-order valence-corrected chi connectivity index (χ1v) is 9.54. The van der Waals surface area contributed by atoms with Crippen LogP contribution in [0.15, 0.2) is 35.3 Å². The van der Waals surface area contributed by atoms with E-state index in [1.54, 1.807) is 0 Å². The first-order chi connectivity index (χ1) is 11.2. The van der Waals surface area contributed by atoms with Crippen LogP contribution in [0.3, 0.4) is 0 Å². The summed E-state index contributed by atoms with van der Waals surface area (Å²) < 4.78 is 0. The molecule has 0 bridgehead atoms. The molecule has 0 aromatic heterocycles. The smallest absolute Gasteiger partial charge is 0.191 e. The van der Waals surface area contributed by atoms with Crippen LogP contribution in [0.2, 0.25) is 0 Å². The molecule has 1 aromatic carbocycles. The van der Waals surface area contributed by atoms with Crippen LogP contribution < -0.4 is 10.6 Å². The Balaban J connectivity index is 1.69. The van der Waals surface area contributed by atoms with Gasteiger partial charge in [-0.05, 0) is 38.1 Å². The van der Waals surface area contributed by atoms with Crippen LogP contribution in [0.25, 0.3) is 0 Å².